The van der Waals surface area contributed by atoms with Crippen LogP contribution in [0.15, 0.2) is 83.8 Å². The van der Waals surface area contributed by atoms with E-state index >= 15 is 0 Å². The maximum atomic E-state index is 12.8. The SMILES string of the molecule is NC(=O)c1ccc(NS(=O)(=O)c2ccccc2-c2ccccc2)cc1. The highest BCUT2D eigenvalue weighted by atomic mass is 32.2. The highest BCUT2D eigenvalue weighted by Gasteiger charge is 2.19. The topological polar surface area (TPSA) is 89.3 Å². The van der Waals surface area contributed by atoms with Crippen molar-refractivity contribution in [2.45, 2.75) is 4.90 Å². The maximum Gasteiger partial charge on any atom is 0.262 e. The van der Waals surface area contributed by atoms with E-state index in [1.54, 1.807) is 24.3 Å². The third-order valence-electron chi connectivity index (χ3n) is 3.68. The third kappa shape index (κ3) is 3.70. The van der Waals surface area contributed by atoms with Crippen molar-refractivity contribution in [3.8, 4) is 11.1 Å². The van der Waals surface area contributed by atoms with Crippen LogP contribution >= 0.6 is 0 Å². The minimum atomic E-state index is -3.79. The fraction of sp³-hybridized carbons (Fsp3) is 0. The van der Waals surface area contributed by atoms with E-state index in [0.29, 0.717) is 16.8 Å². The molecule has 3 aromatic carbocycles. The van der Waals surface area contributed by atoms with Crippen molar-refractivity contribution < 1.29 is 13.2 Å². The second kappa shape index (κ2) is 6.78. The van der Waals surface area contributed by atoms with Crippen LogP contribution in [0.25, 0.3) is 11.1 Å². The lowest BCUT2D eigenvalue weighted by Gasteiger charge is -2.12. The first kappa shape index (κ1) is 16.7. The molecule has 25 heavy (non-hydrogen) atoms. The zero-order valence-corrected chi connectivity index (χ0v) is 14.0. The lowest BCUT2D eigenvalue weighted by atomic mass is 10.1. The first-order chi connectivity index (χ1) is 12.0. The van der Waals surface area contributed by atoms with Gasteiger partial charge in [0.2, 0.25) is 5.91 Å². The predicted octanol–water partition coefficient (Wildman–Crippen LogP) is 3.25. The van der Waals surface area contributed by atoms with Crippen LogP contribution in [0.2, 0.25) is 0 Å². The van der Waals surface area contributed by atoms with E-state index in [1.807, 2.05) is 30.3 Å². The number of benzene rings is 3. The number of amides is 1. The molecule has 0 saturated carbocycles. The molecule has 0 aliphatic heterocycles. The average Bonchev–Trinajstić information content (AvgIpc) is 2.62. The Kier molecular flexibility index (Phi) is 4.54. The van der Waals surface area contributed by atoms with Gasteiger partial charge in [-0.1, -0.05) is 48.5 Å². The van der Waals surface area contributed by atoms with E-state index in [1.165, 1.54) is 24.3 Å². The molecule has 0 aromatic heterocycles. The Morgan fingerprint density at radius 2 is 1.40 bits per heavy atom. The molecule has 0 spiro atoms. The van der Waals surface area contributed by atoms with E-state index in [0.717, 1.165) is 5.56 Å². The van der Waals surface area contributed by atoms with E-state index in [2.05, 4.69) is 4.72 Å². The molecule has 126 valence electrons. The molecule has 5 nitrogen and oxygen atoms in total. The highest BCUT2D eigenvalue weighted by molar-refractivity contribution is 7.92. The van der Waals surface area contributed by atoms with Crippen molar-refractivity contribution in [1.29, 1.82) is 0 Å². The number of nitrogens with two attached hydrogens (primary N) is 1. The third-order valence-corrected chi connectivity index (χ3v) is 5.12. The van der Waals surface area contributed by atoms with E-state index in [4.69, 9.17) is 5.73 Å². The first-order valence-electron chi connectivity index (χ1n) is 7.54. The van der Waals surface area contributed by atoms with Gasteiger partial charge in [0, 0.05) is 16.8 Å². The van der Waals surface area contributed by atoms with Crippen LogP contribution in [0.4, 0.5) is 5.69 Å². The van der Waals surface area contributed by atoms with Crippen LogP contribution in [-0.2, 0) is 10.0 Å². The molecule has 1 amide bonds. The second-order valence-corrected chi connectivity index (χ2v) is 7.06. The summed E-state index contributed by atoms with van der Waals surface area (Å²) in [4.78, 5) is 11.3. The summed E-state index contributed by atoms with van der Waals surface area (Å²) in [6.45, 7) is 0. The van der Waals surface area contributed by atoms with Gasteiger partial charge >= 0.3 is 0 Å². The molecule has 0 heterocycles. The number of nitrogens with one attached hydrogen (secondary N) is 1. The fourth-order valence-electron chi connectivity index (χ4n) is 2.47. The zero-order valence-electron chi connectivity index (χ0n) is 13.2. The summed E-state index contributed by atoms with van der Waals surface area (Å²) in [7, 11) is -3.79. The van der Waals surface area contributed by atoms with Crippen molar-refractivity contribution in [2.75, 3.05) is 4.72 Å². The quantitative estimate of drug-likeness (QED) is 0.738. The Bertz CT molecular complexity index is 998. The molecular formula is C19H16N2O3S. The number of sulfonamides is 1. The number of hydrogen-bond donors (Lipinski definition) is 2. The molecule has 0 bridgehead atoms. The molecule has 3 N–H and O–H groups in total. The van der Waals surface area contributed by atoms with Crippen LogP contribution in [0.1, 0.15) is 10.4 Å². The molecule has 3 aromatic rings. The Balaban J connectivity index is 1.97. The smallest absolute Gasteiger partial charge is 0.262 e. The van der Waals surface area contributed by atoms with Gasteiger partial charge in [-0.2, -0.15) is 0 Å². The first-order valence-corrected chi connectivity index (χ1v) is 9.03. The summed E-state index contributed by atoms with van der Waals surface area (Å²) in [5, 5.41) is 0. The van der Waals surface area contributed by atoms with Gasteiger partial charge in [-0.05, 0) is 35.9 Å². The Hall–Kier alpha value is -3.12. The van der Waals surface area contributed by atoms with Gasteiger partial charge in [-0.3, -0.25) is 9.52 Å². The number of anilines is 1. The second-order valence-electron chi connectivity index (χ2n) is 5.41. The Morgan fingerprint density at radius 3 is 2.04 bits per heavy atom. The largest absolute Gasteiger partial charge is 0.366 e. The highest BCUT2D eigenvalue weighted by Crippen LogP contribution is 2.28. The molecular weight excluding hydrogens is 336 g/mol. The number of primary amides is 1. The molecule has 0 saturated heterocycles. The van der Waals surface area contributed by atoms with Crippen molar-refractivity contribution in [3.63, 3.8) is 0 Å². The van der Waals surface area contributed by atoms with E-state index in [9.17, 15) is 13.2 Å². The molecule has 0 radical (unpaired) electrons. The standard InChI is InChI=1S/C19H16N2O3S/c20-19(22)15-10-12-16(13-11-15)21-25(23,24)18-9-5-4-8-17(18)14-6-2-1-3-7-14/h1-13,21H,(H2,20,22). The normalized spacial score (nSPS) is 11.0. The van der Waals surface area contributed by atoms with Crippen molar-refractivity contribution in [2.24, 2.45) is 5.73 Å². The van der Waals surface area contributed by atoms with Gasteiger partial charge in [-0.25, -0.2) is 8.42 Å². The van der Waals surface area contributed by atoms with Gasteiger partial charge < -0.3 is 5.73 Å². The van der Waals surface area contributed by atoms with Gasteiger partial charge in [-0.15, -0.1) is 0 Å². The van der Waals surface area contributed by atoms with Gasteiger partial charge in [0.25, 0.3) is 10.0 Å². The minimum Gasteiger partial charge on any atom is -0.366 e. The summed E-state index contributed by atoms with van der Waals surface area (Å²) in [6.07, 6.45) is 0. The number of hydrogen-bond acceptors (Lipinski definition) is 3. The van der Waals surface area contributed by atoms with Crippen LogP contribution in [0, 0.1) is 0 Å². The molecule has 6 heteroatoms. The zero-order chi connectivity index (χ0) is 17.9. The van der Waals surface area contributed by atoms with E-state index in [-0.39, 0.29) is 4.90 Å². The van der Waals surface area contributed by atoms with Crippen LogP contribution in [0.3, 0.4) is 0 Å². The Labute approximate surface area is 146 Å². The molecule has 0 fully saturated rings. The number of carbonyl (C=O) groups is 1. The summed E-state index contributed by atoms with van der Waals surface area (Å²) < 4.78 is 28.2. The van der Waals surface area contributed by atoms with Crippen LogP contribution in [0.5, 0.6) is 0 Å². The van der Waals surface area contributed by atoms with Crippen molar-refractivity contribution in [3.05, 3.63) is 84.4 Å². The summed E-state index contributed by atoms with van der Waals surface area (Å²) in [6, 6.07) is 22.1. The minimum absolute atomic E-state index is 0.181. The lowest BCUT2D eigenvalue weighted by molar-refractivity contribution is 0.100. The fourth-order valence-corrected chi connectivity index (χ4v) is 3.76. The number of rotatable bonds is 5. The predicted molar refractivity (Wildman–Crippen MR) is 97.6 cm³/mol. The summed E-state index contributed by atoms with van der Waals surface area (Å²) in [5.41, 5.74) is 7.28. The van der Waals surface area contributed by atoms with Gasteiger partial charge in [0.1, 0.15) is 0 Å². The van der Waals surface area contributed by atoms with Crippen LogP contribution < -0.4 is 10.5 Å². The van der Waals surface area contributed by atoms with Crippen LogP contribution in [-0.4, -0.2) is 14.3 Å². The van der Waals surface area contributed by atoms with Crippen molar-refractivity contribution in [1.82, 2.24) is 0 Å². The van der Waals surface area contributed by atoms with E-state index < -0.39 is 15.9 Å². The van der Waals surface area contributed by atoms with Gasteiger partial charge in [0.05, 0.1) is 4.90 Å². The monoisotopic (exact) mass is 352 g/mol. The molecule has 0 atom stereocenters. The molecule has 3 rings (SSSR count). The summed E-state index contributed by atoms with van der Waals surface area (Å²) in [5.74, 6) is -0.566. The molecule has 0 aliphatic carbocycles. The number of carbonyl (C=O) groups excluding carboxylic acids is 1. The van der Waals surface area contributed by atoms with Gasteiger partial charge in [0.15, 0.2) is 0 Å². The molecule has 0 aliphatic rings. The average molecular weight is 352 g/mol. The molecule has 0 unspecified atom stereocenters. The summed E-state index contributed by atoms with van der Waals surface area (Å²) >= 11 is 0. The maximum absolute atomic E-state index is 12.8. The Morgan fingerprint density at radius 1 is 0.800 bits per heavy atom. The lowest BCUT2D eigenvalue weighted by Crippen LogP contribution is -2.15. The van der Waals surface area contributed by atoms with Crippen molar-refractivity contribution >= 4 is 21.6 Å².